The van der Waals surface area contributed by atoms with Crippen LogP contribution in [0.4, 0.5) is 4.79 Å². The number of ether oxygens (including phenoxy) is 1. The number of amides is 2. The van der Waals surface area contributed by atoms with Gasteiger partial charge in [-0.15, -0.1) is 0 Å². The van der Waals surface area contributed by atoms with Gasteiger partial charge in [0.25, 0.3) is 0 Å². The van der Waals surface area contributed by atoms with Gasteiger partial charge in [-0.05, 0) is 38.5 Å². The highest BCUT2D eigenvalue weighted by atomic mass is 16.5. The third-order valence-electron chi connectivity index (χ3n) is 8.31. The Morgan fingerprint density at radius 3 is 2.34 bits per heavy atom. The summed E-state index contributed by atoms with van der Waals surface area (Å²) in [6.07, 6.45) is 11.3. The molecule has 2 spiro atoms. The molecular weight excluding hydrogens is 410 g/mol. The molecule has 4 heterocycles. The standard InChI is InChI=1S/C22H29N7O3/c1-26-9-17(8-24-26)32-16-6-21(7-16)12-28(13-21)19(30)27-10-20(11-27)4-15(5-20)29-14-23-18(25-29)22(31)2-3-22/h8-9,14-16,31H,2-7,10-13H2,1H3. The lowest BCUT2D eigenvalue weighted by atomic mass is 9.60. The van der Waals surface area contributed by atoms with Gasteiger partial charge in [0.15, 0.2) is 11.6 Å². The van der Waals surface area contributed by atoms with Gasteiger partial charge >= 0.3 is 6.03 Å². The summed E-state index contributed by atoms with van der Waals surface area (Å²) >= 11 is 0. The quantitative estimate of drug-likeness (QED) is 0.771. The fourth-order valence-corrected chi connectivity index (χ4v) is 6.29. The predicted octanol–water partition coefficient (Wildman–Crippen LogP) is 1.29. The van der Waals surface area contributed by atoms with Crippen molar-refractivity contribution >= 4 is 6.03 Å². The molecule has 5 aliphatic rings. The Bertz CT molecular complexity index is 1060. The zero-order valence-electron chi connectivity index (χ0n) is 18.4. The molecule has 2 aromatic rings. The van der Waals surface area contributed by atoms with Crippen LogP contribution in [-0.4, -0.2) is 77.8 Å². The SMILES string of the molecule is Cn1cc(OC2CC3(C2)CN(C(=O)N2CC4(CC(n5cnc(C6(O)CC6)n5)C4)C2)C3)cn1. The van der Waals surface area contributed by atoms with E-state index in [1.807, 2.05) is 27.7 Å². The number of urea groups is 1. The van der Waals surface area contributed by atoms with E-state index in [0.717, 1.165) is 70.5 Å². The Morgan fingerprint density at radius 2 is 1.75 bits per heavy atom. The second-order valence-electron chi connectivity index (χ2n) is 11.1. The molecule has 0 bridgehead atoms. The molecule has 2 aliphatic heterocycles. The summed E-state index contributed by atoms with van der Waals surface area (Å²) in [4.78, 5) is 21.2. The van der Waals surface area contributed by atoms with Crippen LogP contribution in [0.1, 0.15) is 50.4 Å². The summed E-state index contributed by atoms with van der Waals surface area (Å²) in [6.45, 7) is 3.42. The molecule has 170 valence electrons. The predicted molar refractivity (Wildman–Crippen MR) is 112 cm³/mol. The van der Waals surface area contributed by atoms with Crippen molar-refractivity contribution in [1.29, 1.82) is 0 Å². The van der Waals surface area contributed by atoms with Gasteiger partial charge in [0.1, 0.15) is 18.0 Å². The van der Waals surface area contributed by atoms with Crippen molar-refractivity contribution in [2.24, 2.45) is 17.9 Å². The summed E-state index contributed by atoms with van der Waals surface area (Å²) < 4.78 is 9.64. The van der Waals surface area contributed by atoms with Crippen molar-refractivity contribution in [2.75, 3.05) is 26.2 Å². The van der Waals surface area contributed by atoms with Crippen LogP contribution >= 0.6 is 0 Å². The van der Waals surface area contributed by atoms with E-state index in [1.54, 1.807) is 17.2 Å². The average Bonchev–Trinajstić information content (AvgIpc) is 3.03. The topological polar surface area (TPSA) is 102 Å². The highest BCUT2D eigenvalue weighted by molar-refractivity contribution is 5.77. The number of aliphatic hydroxyl groups is 1. The first-order valence-corrected chi connectivity index (χ1v) is 11.7. The summed E-state index contributed by atoms with van der Waals surface area (Å²) in [5.41, 5.74) is -0.250. The molecule has 0 atom stereocenters. The minimum atomic E-state index is -0.772. The summed E-state index contributed by atoms with van der Waals surface area (Å²) in [5, 5.41) is 18.8. The Kier molecular flexibility index (Phi) is 3.56. The highest BCUT2D eigenvalue weighted by Gasteiger charge is 2.59. The van der Waals surface area contributed by atoms with Crippen LogP contribution in [0.2, 0.25) is 0 Å². The molecule has 7 rings (SSSR count). The van der Waals surface area contributed by atoms with E-state index >= 15 is 0 Å². The Labute approximate surface area is 186 Å². The van der Waals surface area contributed by atoms with Crippen LogP contribution in [0.25, 0.3) is 0 Å². The molecule has 32 heavy (non-hydrogen) atoms. The van der Waals surface area contributed by atoms with Crippen LogP contribution in [-0.2, 0) is 12.6 Å². The summed E-state index contributed by atoms with van der Waals surface area (Å²) in [5.74, 6) is 1.40. The number of hydrogen-bond acceptors (Lipinski definition) is 6. The number of rotatable bonds is 4. The molecule has 10 heteroatoms. The monoisotopic (exact) mass is 439 g/mol. The van der Waals surface area contributed by atoms with Gasteiger partial charge in [0.2, 0.25) is 0 Å². The van der Waals surface area contributed by atoms with Crippen LogP contribution in [0.5, 0.6) is 5.75 Å². The first kappa shape index (κ1) is 18.9. The minimum absolute atomic E-state index is 0.195. The van der Waals surface area contributed by atoms with Gasteiger partial charge in [-0.3, -0.25) is 4.68 Å². The largest absolute Gasteiger partial charge is 0.487 e. The van der Waals surface area contributed by atoms with Gasteiger partial charge in [-0.2, -0.15) is 10.2 Å². The first-order chi connectivity index (χ1) is 15.3. The molecule has 1 N–H and O–H groups in total. The van der Waals surface area contributed by atoms with Crippen molar-refractivity contribution in [3.8, 4) is 5.75 Å². The highest BCUT2D eigenvalue weighted by Crippen LogP contribution is 2.55. The van der Waals surface area contributed by atoms with Gasteiger partial charge < -0.3 is 19.6 Å². The number of carbonyl (C=O) groups is 1. The second-order valence-corrected chi connectivity index (χ2v) is 11.1. The average molecular weight is 440 g/mol. The maximum absolute atomic E-state index is 12.9. The van der Waals surface area contributed by atoms with E-state index in [2.05, 4.69) is 15.2 Å². The minimum Gasteiger partial charge on any atom is -0.487 e. The normalized spacial score (nSPS) is 26.9. The lowest BCUT2D eigenvalue weighted by molar-refractivity contribution is -0.121. The summed E-state index contributed by atoms with van der Waals surface area (Å²) in [7, 11) is 1.89. The summed E-state index contributed by atoms with van der Waals surface area (Å²) in [6, 6.07) is 0.537. The van der Waals surface area contributed by atoms with Gasteiger partial charge in [-0.25, -0.2) is 14.5 Å². The number of carbonyl (C=O) groups excluding carboxylic acids is 1. The van der Waals surface area contributed by atoms with Crippen LogP contribution in [0.3, 0.4) is 0 Å². The Hall–Kier alpha value is -2.62. The molecule has 5 fully saturated rings. The van der Waals surface area contributed by atoms with Crippen LogP contribution < -0.4 is 4.74 Å². The Balaban J connectivity index is 0.859. The molecule has 3 saturated carbocycles. The molecule has 0 unspecified atom stereocenters. The zero-order valence-corrected chi connectivity index (χ0v) is 18.4. The number of aryl methyl sites for hydroxylation is 1. The molecule has 2 amide bonds. The van der Waals surface area contributed by atoms with E-state index < -0.39 is 5.60 Å². The number of nitrogens with zero attached hydrogens (tertiary/aromatic N) is 7. The fraction of sp³-hybridized carbons (Fsp3) is 0.727. The van der Waals surface area contributed by atoms with Crippen molar-refractivity contribution < 1.29 is 14.6 Å². The molecule has 3 aliphatic carbocycles. The zero-order chi connectivity index (χ0) is 21.7. The van der Waals surface area contributed by atoms with Crippen LogP contribution in [0.15, 0.2) is 18.7 Å². The number of hydrogen-bond donors (Lipinski definition) is 1. The molecule has 0 radical (unpaired) electrons. The van der Waals surface area contributed by atoms with Crippen molar-refractivity contribution in [3.05, 3.63) is 24.5 Å². The van der Waals surface area contributed by atoms with Gasteiger partial charge in [0, 0.05) is 44.1 Å². The lowest BCUT2D eigenvalue weighted by Gasteiger charge is -2.63. The molecule has 2 aromatic heterocycles. The maximum Gasteiger partial charge on any atom is 0.320 e. The number of likely N-dealkylation sites (tertiary alicyclic amines) is 2. The van der Waals surface area contributed by atoms with Crippen LogP contribution in [0, 0.1) is 10.8 Å². The van der Waals surface area contributed by atoms with Crippen molar-refractivity contribution in [1.82, 2.24) is 34.3 Å². The molecular formula is C22H29N7O3. The van der Waals surface area contributed by atoms with Gasteiger partial charge in [-0.1, -0.05) is 0 Å². The van der Waals surface area contributed by atoms with E-state index in [-0.39, 0.29) is 23.0 Å². The third-order valence-corrected chi connectivity index (χ3v) is 8.31. The van der Waals surface area contributed by atoms with E-state index in [1.165, 1.54) is 0 Å². The lowest BCUT2D eigenvalue weighted by Crippen LogP contribution is -2.71. The van der Waals surface area contributed by atoms with E-state index in [9.17, 15) is 9.90 Å². The second kappa shape index (κ2) is 6.03. The smallest absolute Gasteiger partial charge is 0.320 e. The number of aromatic nitrogens is 5. The van der Waals surface area contributed by atoms with E-state index in [4.69, 9.17) is 4.74 Å². The van der Waals surface area contributed by atoms with Gasteiger partial charge in [0.05, 0.1) is 18.4 Å². The molecule has 0 aromatic carbocycles. The first-order valence-electron chi connectivity index (χ1n) is 11.7. The fourth-order valence-electron chi connectivity index (χ4n) is 6.29. The molecule has 2 saturated heterocycles. The van der Waals surface area contributed by atoms with Crippen molar-refractivity contribution in [3.63, 3.8) is 0 Å². The van der Waals surface area contributed by atoms with E-state index in [0.29, 0.717) is 11.9 Å². The molecule has 10 nitrogen and oxygen atoms in total. The van der Waals surface area contributed by atoms with Crippen molar-refractivity contribution in [2.45, 2.75) is 56.3 Å². The third kappa shape index (κ3) is 2.81. The Morgan fingerprint density at radius 1 is 1.09 bits per heavy atom. The maximum atomic E-state index is 12.9.